The third-order valence-corrected chi connectivity index (χ3v) is 2.29. The molecule has 1 aromatic carbocycles. The molecule has 0 amide bonds. The molecule has 0 aliphatic carbocycles. The number of carboxylic acids is 1. The smallest absolute Gasteiger partial charge is 0.327 e. The van der Waals surface area contributed by atoms with Gasteiger partial charge < -0.3 is 14.8 Å². The fourth-order valence-corrected chi connectivity index (χ4v) is 1.62. The number of ether oxygens (including phenoxy) is 1. The van der Waals surface area contributed by atoms with Crippen LogP contribution in [0.4, 0.5) is 0 Å². The topological polar surface area (TPSA) is 84.3 Å². The molecule has 0 radical (unpaired) electrons. The van der Waals surface area contributed by atoms with E-state index >= 15 is 0 Å². The van der Waals surface area contributed by atoms with E-state index in [4.69, 9.17) is 9.84 Å². The Morgan fingerprint density at radius 1 is 1.56 bits per heavy atom. The fourth-order valence-electron chi connectivity index (χ4n) is 1.62. The fraction of sp³-hybridized carbons (Fsp3) is 0.200. The van der Waals surface area contributed by atoms with E-state index in [1.807, 2.05) is 0 Å². The average molecular weight is 222 g/mol. The summed E-state index contributed by atoms with van der Waals surface area (Å²) in [7, 11) is 1.49. The molecule has 2 rings (SSSR count). The maximum Gasteiger partial charge on any atom is 0.327 e. The molecule has 0 aliphatic rings. The summed E-state index contributed by atoms with van der Waals surface area (Å²) in [6.45, 7) is -0.369. The lowest BCUT2D eigenvalue weighted by Crippen LogP contribution is -2.21. The molecule has 1 aromatic heterocycles. The van der Waals surface area contributed by atoms with Gasteiger partial charge in [0, 0.05) is 0 Å². The van der Waals surface area contributed by atoms with Crippen LogP contribution in [0.25, 0.3) is 11.0 Å². The van der Waals surface area contributed by atoms with Gasteiger partial charge >= 0.3 is 11.7 Å². The Balaban J connectivity index is 2.71. The molecule has 0 saturated heterocycles. The van der Waals surface area contributed by atoms with Gasteiger partial charge in [0.15, 0.2) is 0 Å². The predicted octanol–water partition coefficient (Wildman–Crippen LogP) is 0.423. The van der Waals surface area contributed by atoms with E-state index in [-0.39, 0.29) is 6.54 Å². The largest absolute Gasteiger partial charge is 0.494 e. The Morgan fingerprint density at radius 3 is 2.94 bits per heavy atom. The van der Waals surface area contributed by atoms with Crippen LogP contribution < -0.4 is 10.4 Å². The number of hydrogen-bond donors (Lipinski definition) is 2. The first-order chi connectivity index (χ1) is 7.63. The van der Waals surface area contributed by atoms with E-state index in [1.54, 1.807) is 18.2 Å². The number of benzene rings is 1. The van der Waals surface area contributed by atoms with E-state index in [2.05, 4.69) is 4.98 Å². The number of carbonyl (C=O) groups is 1. The molecule has 0 bridgehead atoms. The van der Waals surface area contributed by atoms with Crippen LogP contribution in [0.5, 0.6) is 5.75 Å². The van der Waals surface area contributed by atoms with E-state index in [0.717, 1.165) is 4.57 Å². The van der Waals surface area contributed by atoms with E-state index in [0.29, 0.717) is 16.8 Å². The van der Waals surface area contributed by atoms with Crippen LogP contribution in [0, 0.1) is 0 Å². The summed E-state index contributed by atoms with van der Waals surface area (Å²) in [5.74, 6) is -0.551. The van der Waals surface area contributed by atoms with Crippen molar-refractivity contribution in [2.45, 2.75) is 6.54 Å². The molecule has 6 heteroatoms. The van der Waals surface area contributed by atoms with Crippen LogP contribution in [0.1, 0.15) is 0 Å². The Hall–Kier alpha value is -2.24. The van der Waals surface area contributed by atoms with Crippen LogP contribution in [0.3, 0.4) is 0 Å². The van der Waals surface area contributed by atoms with Gasteiger partial charge in [0.25, 0.3) is 0 Å². The molecule has 16 heavy (non-hydrogen) atoms. The lowest BCUT2D eigenvalue weighted by atomic mass is 10.3. The number of imidazole rings is 1. The predicted molar refractivity (Wildman–Crippen MR) is 56.7 cm³/mol. The van der Waals surface area contributed by atoms with E-state index < -0.39 is 11.7 Å². The first-order valence-corrected chi connectivity index (χ1v) is 4.61. The summed E-state index contributed by atoms with van der Waals surface area (Å²) in [5, 5.41) is 8.69. The van der Waals surface area contributed by atoms with Crippen molar-refractivity contribution in [1.29, 1.82) is 0 Å². The van der Waals surface area contributed by atoms with Crippen molar-refractivity contribution in [1.82, 2.24) is 9.55 Å². The first-order valence-electron chi connectivity index (χ1n) is 4.61. The zero-order chi connectivity index (χ0) is 11.7. The second kappa shape index (κ2) is 3.73. The molecule has 0 fully saturated rings. The molecular weight excluding hydrogens is 212 g/mol. The van der Waals surface area contributed by atoms with E-state index in [1.165, 1.54) is 7.11 Å². The number of aliphatic carboxylic acids is 1. The number of methoxy groups -OCH3 is 1. The number of para-hydroxylation sites is 1. The van der Waals surface area contributed by atoms with Gasteiger partial charge in [-0.15, -0.1) is 0 Å². The van der Waals surface area contributed by atoms with Gasteiger partial charge in [-0.1, -0.05) is 6.07 Å². The zero-order valence-corrected chi connectivity index (χ0v) is 8.56. The Labute approximate surface area is 90.1 Å². The van der Waals surface area contributed by atoms with Crippen molar-refractivity contribution in [3.63, 3.8) is 0 Å². The molecule has 84 valence electrons. The number of fused-ring (bicyclic) bond motifs is 1. The van der Waals surface area contributed by atoms with Gasteiger partial charge in [0.1, 0.15) is 17.8 Å². The number of hydrogen-bond acceptors (Lipinski definition) is 3. The summed E-state index contributed by atoms with van der Waals surface area (Å²) in [5.41, 5.74) is 0.574. The summed E-state index contributed by atoms with van der Waals surface area (Å²) < 4.78 is 6.22. The van der Waals surface area contributed by atoms with Crippen LogP contribution >= 0.6 is 0 Å². The number of rotatable bonds is 3. The number of nitrogens with one attached hydrogen (secondary N) is 1. The van der Waals surface area contributed by atoms with Gasteiger partial charge in [0.05, 0.1) is 12.6 Å². The van der Waals surface area contributed by atoms with Crippen LogP contribution in [0.15, 0.2) is 23.0 Å². The normalized spacial score (nSPS) is 10.6. The molecule has 0 spiro atoms. The van der Waals surface area contributed by atoms with Crippen molar-refractivity contribution in [3.05, 3.63) is 28.7 Å². The highest BCUT2D eigenvalue weighted by Gasteiger charge is 2.12. The minimum absolute atomic E-state index is 0.369. The zero-order valence-electron chi connectivity index (χ0n) is 8.56. The molecule has 0 saturated carbocycles. The second-order valence-electron chi connectivity index (χ2n) is 3.26. The average Bonchev–Trinajstić information content (AvgIpc) is 2.55. The van der Waals surface area contributed by atoms with E-state index in [9.17, 15) is 9.59 Å². The highest BCUT2D eigenvalue weighted by Crippen LogP contribution is 2.21. The summed E-state index contributed by atoms with van der Waals surface area (Å²) >= 11 is 0. The molecule has 1 heterocycles. The monoisotopic (exact) mass is 222 g/mol. The third-order valence-electron chi connectivity index (χ3n) is 2.29. The van der Waals surface area contributed by atoms with Gasteiger partial charge in [-0.2, -0.15) is 0 Å². The lowest BCUT2D eigenvalue weighted by Gasteiger charge is -2.01. The van der Waals surface area contributed by atoms with Gasteiger partial charge in [-0.05, 0) is 12.1 Å². The highest BCUT2D eigenvalue weighted by molar-refractivity contribution is 5.83. The maximum atomic E-state index is 11.5. The number of aromatic amines is 1. The number of H-pyrrole nitrogens is 1. The Bertz CT molecular complexity index is 596. The summed E-state index contributed by atoms with van der Waals surface area (Å²) in [6, 6.07) is 5.06. The molecular formula is C10H10N2O4. The van der Waals surface area contributed by atoms with Gasteiger partial charge in [-0.25, -0.2) is 4.79 Å². The summed E-state index contributed by atoms with van der Waals surface area (Å²) in [4.78, 5) is 24.7. The van der Waals surface area contributed by atoms with Crippen molar-refractivity contribution in [2.75, 3.05) is 7.11 Å². The van der Waals surface area contributed by atoms with Gasteiger partial charge in [0.2, 0.25) is 0 Å². The number of carboxylic acid groups (broad SMARTS) is 1. The molecule has 0 aliphatic heterocycles. The quantitative estimate of drug-likeness (QED) is 0.788. The molecule has 2 N–H and O–H groups in total. The standard InChI is InChI=1S/C10H10N2O4/c1-16-7-4-2-3-6-9(7)11-10(15)12(6)5-8(13)14/h2-4H,5H2,1H3,(H,11,15)(H,13,14). The SMILES string of the molecule is COc1cccc2c1[nH]c(=O)n2CC(=O)O. The number of aromatic nitrogens is 2. The molecule has 0 unspecified atom stereocenters. The second-order valence-corrected chi connectivity index (χ2v) is 3.26. The van der Waals surface area contributed by atoms with Gasteiger partial charge in [-0.3, -0.25) is 9.36 Å². The molecule has 6 nitrogen and oxygen atoms in total. The molecule has 2 aromatic rings. The Morgan fingerprint density at radius 2 is 2.31 bits per heavy atom. The molecule has 0 atom stereocenters. The minimum atomic E-state index is -1.06. The summed E-state index contributed by atoms with van der Waals surface area (Å²) in [6.07, 6.45) is 0. The van der Waals surface area contributed by atoms with Crippen LogP contribution in [0.2, 0.25) is 0 Å². The Kier molecular flexibility index (Phi) is 2.40. The van der Waals surface area contributed by atoms with Crippen molar-refractivity contribution in [3.8, 4) is 5.75 Å². The van der Waals surface area contributed by atoms with Crippen molar-refractivity contribution < 1.29 is 14.6 Å². The highest BCUT2D eigenvalue weighted by atomic mass is 16.5. The third kappa shape index (κ3) is 1.54. The van der Waals surface area contributed by atoms with Crippen molar-refractivity contribution in [2.24, 2.45) is 0 Å². The maximum absolute atomic E-state index is 11.5. The minimum Gasteiger partial charge on any atom is -0.494 e. The van der Waals surface area contributed by atoms with Crippen LogP contribution in [-0.2, 0) is 11.3 Å². The first kappa shape index (κ1) is 10.3. The van der Waals surface area contributed by atoms with Crippen molar-refractivity contribution >= 4 is 17.0 Å². The number of nitrogens with zero attached hydrogens (tertiary/aromatic N) is 1. The van der Waals surface area contributed by atoms with Crippen LogP contribution in [-0.4, -0.2) is 27.7 Å². The lowest BCUT2D eigenvalue weighted by molar-refractivity contribution is -0.137.